The summed E-state index contributed by atoms with van der Waals surface area (Å²) in [5.74, 6) is -0.224. The molecule has 1 atom stereocenters. The molecule has 1 aliphatic heterocycles. The average molecular weight is 509 g/mol. The third kappa shape index (κ3) is 5.86. The molecular formula is C27H25ClN2O4S. The first kappa shape index (κ1) is 24.8. The first-order chi connectivity index (χ1) is 16.9. The summed E-state index contributed by atoms with van der Waals surface area (Å²) in [6.45, 7) is 4.38. The van der Waals surface area contributed by atoms with Gasteiger partial charge in [0.05, 0.1) is 17.9 Å². The van der Waals surface area contributed by atoms with Gasteiger partial charge in [0.2, 0.25) is 5.91 Å². The van der Waals surface area contributed by atoms with Crippen LogP contribution < -0.4 is 5.32 Å². The predicted octanol–water partition coefficient (Wildman–Crippen LogP) is 5.85. The Labute approximate surface area is 213 Å². The SMILES string of the molecule is CCOC(=O)c1ccc(C)c(NC(=O)c2ccc([C@H]3SCC(=O)N3Cc3ccc(Cl)cc3)cc2)c1. The van der Waals surface area contributed by atoms with Crippen LogP contribution in [0.5, 0.6) is 0 Å². The molecule has 4 rings (SSSR count). The van der Waals surface area contributed by atoms with Gasteiger partial charge in [-0.15, -0.1) is 11.8 Å². The Balaban J connectivity index is 1.47. The number of hydrogen-bond acceptors (Lipinski definition) is 5. The second-order valence-corrected chi connectivity index (χ2v) is 9.64. The molecule has 0 radical (unpaired) electrons. The third-order valence-electron chi connectivity index (χ3n) is 5.69. The highest BCUT2D eigenvalue weighted by Gasteiger charge is 2.32. The number of esters is 1. The fourth-order valence-electron chi connectivity index (χ4n) is 3.78. The Morgan fingerprint density at radius 1 is 1.06 bits per heavy atom. The summed E-state index contributed by atoms with van der Waals surface area (Å²) in [4.78, 5) is 39.3. The predicted molar refractivity (Wildman–Crippen MR) is 139 cm³/mol. The number of ether oxygens (including phenoxy) is 1. The van der Waals surface area contributed by atoms with E-state index in [1.807, 2.05) is 48.2 Å². The third-order valence-corrected chi connectivity index (χ3v) is 7.20. The standard InChI is InChI=1S/C27H25ClN2O4S/c1-3-34-27(33)21-7-4-17(2)23(14-21)29-25(32)19-8-10-20(11-9-19)26-30(24(31)16-35-26)15-18-5-12-22(28)13-6-18/h4-14,26H,3,15-16H2,1-2H3,(H,29,32)/t26-/m1/s1. The van der Waals surface area contributed by atoms with Crippen LogP contribution >= 0.6 is 23.4 Å². The summed E-state index contributed by atoms with van der Waals surface area (Å²) in [7, 11) is 0. The molecule has 0 aromatic heterocycles. The van der Waals surface area contributed by atoms with E-state index >= 15 is 0 Å². The van der Waals surface area contributed by atoms with Crippen LogP contribution in [0.25, 0.3) is 0 Å². The number of rotatable bonds is 7. The quantitative estimate of drug-likeness (QED) is 0.405. The van der Waals surface area contributed by atoms with Crippen molar-refractivity contribution in [3.8, 4) is 0 Å². The second-order valence-electron chi connectivity index (χ2n) is 8.14. The van der Waals surface area contributed by atoms with Gasteiger partial charge in [0, 0.05) is 22.8 Å². The molecule has 35 heavy (non-hydrogen) atoms. The average Bonchev–Trinajstić information content (AvgIpc) is 3.22. The second kappa shape index (κ2) is 11.0. The molecule has 0 spiro atoms. The van der Waals surface area contributed by atoms with E-state index < -0.39 is 5.97 Å². The van der Waals surface area contributed by atoms with Crippen LogP contribution in [-0.4, -0.2) is 35.0 Å². The first-order valence-corrected chi connectivity index (χ1v) is 12.6. The highest BCUT2D eigenvalue weighted by molar-refractivity contribution is 8.00. The lowest BCUT2D eigenvalue weighted by Gasteiger charge is -2.24. The van der Waals surface area contributed by atoms with Gasteiger partial charge in [-0.3, -0.25) is 9.59 Å². The van der Waals surface area contributed by atoms with Crippen molar-refractivity contribution in [2.75, 3.05) is 17.7 Å². The van der Waals surface area contributed by atoms with Crippen LogP contribution in [0.3, 0.4) is 0 Å². The van der Waals surface area contributed by atoms with Crippen molar-refractivity contribution >= 4 is 46.8 Å². The van der Waals surface area contributed by atoms with E-state index in [4.69, 9.17) is 16.3 Å². The van der Waals surface area contributed by atoms with Gasteiger partial charge in [0.25, 0.3) is 5.91 Å². The molecule has 0 bridgehead atoms. The van der Waals surface area contributed by atoms with Gasteiger partial charge < -0.3 is 15.0 Å². The number of nitrogens with zero attached hydrogens (tertiary/aromatic N) is 1. The molecule has 1 N–H and O–H groups in total. The molecule has 3 aromatic rings. The van der Waals surface area contributed by atoms with E-state index in [1.54, 1.807) is 49.0 Å². The van der Waals surface area contributed by atoms with Crippen LogP contribution in [-0.2, 0) is 16.1 Å². The summed E-state index contributed by atoms with van der Waals surface area (Å²) in [5.41, 5.74) is 4.20. The fourth-order valence-corrected chi connectivity index (χ4v) is 5.09. The van der Waals surface area contributed by atoms with Gasteiger partial charge in [-0.1, -0.05) is 41.9 Å². The molecule has 1 fully saturated rings. The Kier molecular flexibility index (Phi) is 7.78. The number of halogens is 1. The molecule has 180 valence electrons. The number of amides is 2. The summed E-state index contributed by atoms with van der Waals surface area (Å²) in [6, 6.07) is 19.8. The molecule has 6 nitrogen and oxygen atoms in total. The Bertz CT molecular complexity index is 1250. The minimum Gasteiger partial charge on any atom is -0.462 e. The van der Waals surface area contributed by atoms with E-state index in [2.05, 4.69) is 5.32 Å². The molecule has 3 aromatic carbocycles. The van der Waals surface area contributed by atoms with E-state index in [0.717, 1.165) is 16.7 Å². The Hall–Kier alpha value is -3.29. The molecule has 0 aliphatic carbocycles. The summed E-state index contributed by atoms with van der Waals surface area (Å²) in [6.07, 6.45) is 0. The minimum absolute atomic E-state index is 0.0775. The largest absolute Gasteiger partial charge is 0.462 e. The summed E-state index contributed by atoms with van der Waals surface area (Å²) in [5, 5.41) is 3.41. The van der Waals surface area contributed by atoms with Crippen molar-refractivity contribution in [2.45, 2.75) is 25.8 Å². The number of anilines is 1. The molecule has 2 amide bonds. The monoisotopic (exact) mass is 508 g/mol. The van der Waals surface area contributed by atoms with E-state index in [-0.39, 0.29) is 23.8 Å². The van der Waals surface area contributed by atoms with Gasteiger partial charge in [-0.25, -0.2) is 4.79 Å². The molecule has 8 heteroatoms. The maximum atomic E-state index is 12.9. The zero-order valence-corrected chi connectivity index (χ0v) is 21.0. The van der Waals surface area contributed by atoms with E-state index in [9.17, 15) is 14.4 Å². The van der Waals surface area contributed by atoms with Crippen LogP contribution in [0.15, 0.2) is 66.7 Å². The zero-order valence-electron chi connectivity index (χ0n) is 19.4. The van der Waals surface area contributed by atoms with Crippen molar-refractivity contribution in [2.24, 2.45) is 0 Å². The van der Waals surface area contributed by atoms with Crippen LogP contribution in [0.1, 0.15) is 49.7 Å². The van der Waals surface area contributed by atoms with Crippen molar-refractivity contribution in [1.29, 1.82) is 0 Å². The number of carbonyl (C=O) groups excluding carboxylic acids is 3. The van der Waals surface area contributed by atoms with Crippen LogP contribution in [0.4, 0.5) is 5.69 Å². The van der Waals surface area contributed by atoms with E-state index in [1.165, 1.54) is 0 Å². The number of benzene rings is 3. The van der Waals surface area contributed by atoms with Gasteiger partial charge in [0.15, 0.2) is 0 Å². The van der Waals surface area contributed by atoms with Crippen LogP contribution in [0, 0.1) is 6.92 Å². The lowest BCUT2D eigenvalue weighted by atomic mass is 10.1. The maximum Gasteiger partial charge on any atom is 0.338 e. The molecule has 0 saturated carbocycles. The molecule has 1 aliphatic rings. The smallest absolute Gasteiger partial charge is 0.338 e. The van der Waals surface area contributed by atoms with Gasteiger partial charge in [-0.2, -0.15) is 0 Å². The number of carbonyl (C=O) groups is 3. The molecular weight excluding hydrogens is 484 g/mol. The number of thioether (sulfide) groups is 1. The van der Waals surface area contributed by atoms with E-state index in [0.29, 0.717) is 34.1 Å². The highest BCUT2D eigenvalue weighted by Crippen LogP contribution is 2.39. The van der Waals surface area contributed by atoms with Crippen LogP contribution in [0.2, 0.25) is 5.02 Å². The van der Waals surface area contributed by atoms with Gasteiger partial charge in [-0.05, 0) is 66.9 Å². The lowest BCUT2D eigenvalue weighted by Crippen LogP contribution is -2.27. The topological polar surface area (TPSA) is 75.7 Å². The molecule has 1 saturated heterocycles. The van der Waals surface area contributed by atoms with Gasteiger partial charge >= 0.3 is 5.97 Å². The number of aryl methyl sites for hydroxylation is 1. The van der Waals surface area contributed by atoms with Crippen molar-refractivity contribution in [1.82, 2.24) is 4.90 Å². The zero-order chi connectivity index (χ0) is 24.9. The highest BCUT2D eigenvalue weighted by atomic mass is 35.5. The number of hydrogen-bond donors (Lipinski definition) is 1. The number of nitrogens with one attached hydrogen (secondary N) is 1. The lowest BCUT2D eigenvalue weighted by molar-refractivity contribution is -0.128. The van der Waals surface area contributed by atoms with Gasteiger partial charge in [0.1, 0.15) is 5.37 Å². The van der Waals surface area contributed by atoms with Crippen molar-refractivity contribution in [3.05, 3.63) is 99.6 Å². The summed E-state index contributed by atoms with van der Waals surface area (Å²) < 4.78 is 5.05. The fraction of sp³-hybridized carbons (Fsp3) is 0.222. The normalized spacial score (nSPS) is 15.2. The van der Waals surface area contributed by atoms with Crippen molar-refractivity contribution < 1.29 is 19.1 Å². The molecule has 0 unspecified atom stereocenters. The Morgan fingerprint density at radius 3 is 2.43 bits per heavy atom. The maximum absolute atomic E-state index is 12.9. The minimum atomic E-state index is -0.431. The first-order valence-electron chi connectivity index (χ1n) is 11.2. The Morgan fingerprint density at radius 2 is 1.74 bits per heavy atom. The summed E-state index contributed by atoms with van der Waals surface area (Å²) >= 11 is 7.55. The molecule has 1 heterocycles. The van der Waals surface area contributed by atoms with Crippen molar-refractivity contribution in [3.63, 3.8) is 0 Å².